The van der Waals surface area contributed by atoms with Gasteiger partial charge in [-0.3, -0.25) is 0 Å². The summed E-state index contributed by atoms with van der Waals surface area (Å²) in [5.41, 5.74) is 17.1. The zero-order valence-corrected chi connectivity index (χ0v) is 14.2. The molecule has 2 aromatic rings. The first kappa shape index (κ1) is 16.6. The largest absolute Gasteiger partial charge is 0.395 e. The second kappa shape index (κ2) is 6.13. The van der Waals surface area contributed by atoms with Gasteiger partial charge in [0.2, 0.25) is 0 Å². The first-order valence-electron chi connectivity index (χ1n) is 7.90. The van der Waals surface area contributed by atoms with Crippen LogP contribution in [0.4, 0.5) is 5.69 Å². The number of hydrogen-bond donors (Lipinski definition) is 3. The van der Waals surface area contributed by atoms with Crippen molar-refractivity contribution >= 4 is 22.8 Å². The van der Waals surface area contributed by atoms with Crippen LogP contribution in [0.25, 0.3) is 17.1 Å². The summed E-state index contributed by atoms with van der Waals surface area (Å²) in [6.45, 7) is 10.8. The molecule has 1 aliphatic carbocycles. The van der Waals surface area contributed by atoms with E-state index < -0.39 is 0 Å². The number of nitrogens with zero attached hydrogens (tertiary/aromatic N) is 1. The summed E-state index contributed by atoms with van der Waals surface area (Å²) in [7, 11) is 1.50. The number of nitrogens with two attached hydrogens (primary N) is 2. The summed E-state index contributed by atoms with van der Waals surface area (Å²) in [4.78, 5) is 8.11. The zero-order chi connectivity index (χ0) is 16.5. The fraction of sp³-hybridized carbons (Fsp3) is 0.500. The van der Waals surface area contributed by atoms with Gasteiger partial charge in [-0.1, -0.05) is 27.4 Å². The van der Waals surface area contributed by atoms with Gasteiger partial charge in [0.05, 0.1) is 16.9 Å². The molecule has 1 atom stereocenters. The Bertz CT molecular complexity index is 676. The predicted molar refractivity (Wildman–Crippen MR) is 95.7 cm³/mol. The molecule has 0 spiro atoms. The highest BCUT2D eigenvalue weighted by molar-refractivity contribution is 5.93. The maximum absolute atomic E-state index is 6.11. The fourth-order valence-corrected chi connectivity index (χ4v) is 3.21. The Hall–Kier alpha value is -1.81. The average Bonchev–Trinajstić information content (AvgIpc) is 2.81. The van der Waals surface area contributed by atoms with Gasteiger partial charge >= 0.3 is 0 Å². The van der Waals surface area contributed by atoms with E-state index >= 15 is 0 Å². The molecule has 0 fully saturated rings. The lowest BCUT2D eigenvalue weighted by Gasteiger charge is -2.34. The first-order valence-corrected chi connectivity index (χ1v) is 7.90. The number of hydrogen-bond acceptors (Lipinski definition) is 3. The molecule has 1 aliphatic rings. The van der Waals surface area contributed by atoms with E-state index in [4.69, 9.17) is 10.7 Å². The number of rotatable bonds is 1. The number of nitrogens with one attached hydrogen (secondary N) is 1. The Morgan fingerprint density at radius 3 is 2.64 bits per heavy atom. The molecule has 4 heteroatoms. The van der Waals surface area contributed by atoms with Gasteiger partial charge in [0.15, 0.2) is 0 Å². The number of aromatic nitrogens is 2. The third-order valence-corrected chi connectivity index (χ3v) is 4.63. The highest BCUT2D eigenvalue weighted by Gasteiger charge is 2.29. The van der Waals surface area contributed by atoms with E-state index in [-0.39, 0.29) is 0 Å². The van der Waals surface area contributed by atoms with Gasteiger partial charge in [-0.25, -0.2) is 4.98 Å². The third kappa shape index (κ3) is 2.88. The van der Waals surface area contributed by atoms with Crippen LogP contribution in [0, 0.1) is 11.3 Å². The van der Waals surface area contributed by atoms with Gasteiger partial charge in [-0.2, -0.15) is 0 Å². The van der Waals surface area contributed by atoms with E-state index in [1.165, 1.54) is 24.7 Å². The van der Waals surface area contributed by atoms with E-state index in [1.54, 1.807) is 6.08 Å². The van der Waals surface area contributed by atoms with Gasteiger partial charge in [-0.05, 0) is 55.3 Å². The molecule has 5 N–H and O–H groups in total. The van der Waals surface area contributed by atoms with E-state index in [2.05, 4.69) is 44.1 Å². The first-order chi connectivity index (χ1) is 10.4. The van der Waals surface area contributed by atoms with E-state index in [9.17, 15) is 0 Å². The van der Waals surface area contributed by atoms with Crippen LogP contribution in [0.1, 0.15) is 44.1 Å². The van der Waals surface area contributed by atoms with Gasteiger partial charge in [-0.15, -0.1) is 0 Å². The Morgan fingerprint density at radius 1 is 1.36 bits per heavy atom. The lowest BCUT2D eigenvalue weighted by molar-refractivity contribution is 0.215. The summed E-state index contributed by atoms with van der Waals surface area (Å²) < 4.78 is 0. The Labute approximate surface area is 133 Å². The standard InChI is InChI=1S/C17H23N3.CH5N/c1-5-12-15(18)16-14(19-12)9-10-8-11(17(2,3)4)6-7-13(10)20-16;1-2/h5,9,11,19H,1,6-8,18H2,2-4H3;2H2,1H3. The van der Waals surface area contributed by atoms with E-state index in [0.29, 0.717) is 5.41 Å². The summed E-state index contributed by atoms with van der Waals surface area (Å²) in [5, 5.41) is 0. The number of H-pyrrole nitrogens is 1. The fourth-order valence-electron chi connectivity index (χ4n) is 3.21. The molecule has 0 radical (unpaired) electrons. The van der Waals surface area contributed by atoms with Crippen LogP contribution >= 0.6 is 0 Å². The molecular formula is C18H28N4. The van der Waals surface area contributed by atoms with Crippen molar-refractivity contribution < 1.29 is 0 Å². The Morgan fingerprint density at radius 2 is 2.05 bits per heavy atom. The lowest BCUT2D eigenvalue weighted by atomic mass is 9.71. The molecule has 0 saturated carbocycles. The minimum Gasteiger partial charge on any atom is -0.395 e. The minimum atomic E-state index is 0.355. The predicted octanol–water partition coefficient (Wildman–Crippen LogP) is 3.51. The van der Waals surface area contributed by atoms with Crippen molar-refractivity contribution in [2.24, 2.45) is 17.1 Å². The molecule has 2 aromatic heterocycles. The van der Waals surface area contributed by atoms with Crippen molar-refractivity contribution in [3.8, 4) is 0 Å². The van der Waals surface area contributed by atoms with E-state index in [0.717, 1.165) is 41.2 Å². The highest BCUT2D eigenvalue weighted by Crippen LogP contribution is 2.38. The van der Waals surface area contributed by atoms with Crippen molar-refractivity contribution in [1.82, 2.24) is 9.97 Å². The van der Waals surface area contributed by atoms with Crippen LogP contribution in [-0.2, 0) is 12.8 Å². The molecule has 2 heterocycles. The van der Waals surface area contributed by atoms with Crippen LogP contribution in [0.3, 0.4) is 0 Å². The van der Waals surface area contributed by atoms with Crippen LogP contribution in [0.2, 0.25) is 0 Å². The van der Waals surface area contributed by atoms with Crippen molar-refractivity contribution in [3.05, 3.63) is 29.6 Å². The normalized spacial score (nSPS) is 17.6. The summed E-state index contributed by atoms with van der Waals surface area (Å²) in [6.07, 6.45) is 5.15. The molecule has 120 valence electrons. The molecule has 22 heavy (non-hydrogen) atoms. The number of aromatic amines is 1. The minimum absolute atomic E-state index is 0.355. The smallest absolute Gasteiger partial charge is 0.112 e. The van der Waals surface area contributed by atoms with Crippen molar-refractivity contribution in [1.29, 1.82) is 0 Å². The van der Waals surface area contributed by atoms with Crippen LogP contribution in [0.15, 0.2) is 12.6 Å². The Balaban J connectivity index is 0.000000847. The molecule has 4 nitrogen and oxygen atoms in total. The SMILES string of the molecule is C=Cc1[nH]c2cc3c(nc2c1N)CCC(C(C)(C)C)C3.CN. The van der Waals surface area contributed by atoms with E-state index in [1.807, 2.05) is 0 Å². The maximum Gasteiger partial charge on any atom is 0.112 e. The third-order valence-electron chi connectivity index (χ3n) is 4.63. The van der Waals surface area contributed by atoms with Crippen LogP contribution in [0.5, 0.6) is 0 Å². The number of anilines is 1. The van der Waals surface area contributed by atoms with Crippen LogP contribution < -0.4 is 11.5 Å². The van der Waals surface area contributed by atoms with Crippen molar-refractivity contribution in [2.45, 2.75) is 40.0 Å². The number of aryl methyl sites for hydroxylation is 1. The molecule has 0 aliphatic heterocycles. The topological polar surface area (TPSA) is 80.7 Å². The second-order valence-corrected chi connectivity index (χ2v) is 6.95. The molecule has 3 rings (SSSR count). The second-order valence-electron chi connectivity index (χ2n) is 6.95. The van der Waals surface area contributed by atoms with Crippen LogP contribution in [-0.4, -0.2) is 17.0 Å². The van der Waals surface area contributed by atoms with Gasteiger partial charge < -0.3 is 16.5 Å². The van der Waals surface area contributed by atoms with Gasteiger partial charge in [0.25, 0.3) is 0 Å². The quantitative estimate of drug-likeness (QED) is 0.754. The average molecular weight is 300 g/mol. The number of nitrogen functional groups attached to an aromatic ring is 1. The van der Waals surface area contributed by atoms with Gasteiger partial charge in [0.1, 0.15) is 5.52 Å². The molecule has 0 bridgehead atoms. The monoisotopic (exact) mass is 300 g/mol. The lowest BCUT2D eigenvalue weighted by Crippen LogP contribution is -2.27. The maximum atomic E-state index is 6.11. The van der Waals surface area contributed by atoms with Gasteiger partial charge in [0, 0.05) is 5.69 Å². The molecule has 0 saturated heterocycles. The van der Waals surface area contributed by atoms with Crippen molar-refractivity contribution in [3.63, 3.8) is 0 Å². The molecular weight excluding hydrogens is 272 g/mol. The Kier molecular flexibility index (Phi) is 4.61. The molecule has 0 aromatic carbocycles. The molecule has 0 amide bonds. The van der Waals surface area contributed by atoms with Crippen molar-refractivity contribution in [2.75, 3.05) is 12.8 Å². The summed E-state index contributed by atoms with van der Waals surface area (Å²) >= 11 is 0. The summed E-state index contributed by atoms with van der Waals surface area (Å²) in [5.74, 6) is 0.723. The summed E-state index contributed by atoms with van der Waals surface area (Å²) in [6, 6.07) is 2.24. The number of pyridine rings is 1. The highest BCUT2D eigenvalue weighted by atomic mass is 14.9. The zero-order valence-electron chi connectivity index (χ0n) is 14.2. The number of fused-ring (bicyclic) bond motifs is 2. The molecule has 1 unspecified atom stereocenters.